The third kappa shape index (κ3) is 15.4. The quantitative estimate of drug-likeness (QED) is 0.0205. The van der Waals surface area contributed by atoms with E-state index < -0.39 is 17.4 Å². The maximum absolute atomic E-state index is 13.8. The summed E-state index contributed by atoms with van der Waals surface area (Å²) in [7, 11) is 0. The van der Waals surface area contributed by atoms with E-state index in [2.05, 4.69) is 97.2 Å². The third-order valence-electron chi connectivity index (χ3n) is 26.0. The zero-order valence-corrected chi connectivity index (χ0v) is 55.5. The molecular weight excluding hydrogens is 1200 g/mol. The number of esters is 2. The molecule has 16 nitrogen and oxygen atoms in total. The smallest absolute Gasteiger partial charge is 0.339 e. The highest BCUT2D eigenvalue weighted by atomic mass is 17.2. The topological polar surface area (TPSA) is 163 Å². The fourth-order valence-electron chi connectivity index (χ4n) is 20.4. The second kappa shape index (κ2) is 29.8. The minimum atomic E-state index is -0.744. The molecule has 0 N–H and O–H groups in total. The molecule has 0 amide bonds. The average molecular weight is 1310 g/mol. The number of fused-ring (bicyclic) bond motifs is 16. The normalized spacial score (nSPS) is 39.8. The van der Waals surface area contributed by atoms with Crippen LogP contribution >= 0.6 is 0 Å². The van der Waals surface area contributed by atoms with Crippen LogP contribution in [0.2, 0.25) is 0 Å². The minimum absolute atomic E-state index is 0.0940. The summed E-state index contributed by atoms with van der Waals surface area (Å²) < 4.78 is 11.9. The van der Waals surface area contributed by atoms with Gasteiger partial charge in [0.1, 0.15) is 13.2 Å². The summed E-state index contributed by atoms with van der Waals surface area (Å²) in [6.45, 7) is 5.09. The molecule has 0 radical (unpaired) electrons. The average Bonchev–Trinajstić information content (AvgIpc) is 1.84. The summed E-state index contributed by atoms with van der Waals surface area (Å²) in [6, 6.07) is 3.42. The number of hydrogen-bond acceptors (Lipinski definition) is 16. The van der Waals surface area contributed by atoms with E-state index in [0.29, 0.717) is 206 Å². The van der Waals surface area contributed by atoms with E-state index >= 15 is 0 Å². The molecule has 24 unspecified atom stereocenters. The van der Waals surface area contributed by atoms with Crippen LogP contribution in [0.1, 0.15) is 135 Å². The lowest BCUT2D eigenvalue weighted by atomic mass is 9.92. The van der Waals surface area contributed by atoms with Crippen molar-refractivity contribution in [3.05, 3.63) is 132 Å². The van der Waals surface area contributed by atoms with Gasteiger partial charge in [0.2, 0.25) is 0 Å². The first-order chi connectivity index (χ1) is 46.7. The van der Waals surface area contributed by atoms with Gasteiger partial charge in [-0.3, -0.25) is 0 Å². The SMILES string of the molecule is C1=CC2CC1CC2COOCC(COOCC1CC2C=CC1C2)(COOCC1CC2C=CC1C2)COOCC1CC2C=CC1C2.O=C(OCC1CC2C=CC1C2)c1cc(COOCC2CC3C=CC2C3)c(COOCC2CC3C=CC2C3)cc1C(=O)OCC1CC2C=CC1C2. The molecule has 16 bridgehead atoms. The highest BCUT2D eigenvalue weighted by molar-refractivity contribution is 6.03. The van der Waals surface area contributed by atoms with Gasteiger partial charge in [-0.15, -0.1) is 0 Å². The standard InChI is InChI=1S/C42H50O8.C37H52O8/c43-41(45-19-33-13-25-1-5-29(33)9-25)39-17-37(23-49-47-21-35-15-27-3-7-31(35)11-27)38(24-50-48-22-36-16-28-4-8-32(36)12-28)18-40(39)42(44)46-20-34-14-26-2-6-30(34)10-26;1-5-29-9-25(1)13-33(29)17-38-42-21-37(22-43-39-18-34-14-26-2-6-30(34)10-26,23-44-40-19-35-15-27-3-7-31(35)11-27)24-45-41-20-36-16-28-4-8-32(36)12-28/h1-8,17-18,25-36H,9-16,19-24H2;1-8,25-36H,9-24H2. The van der Waals surface area contributed by atoms with E-state index in [1.54, 1.807) is 12.1 Å². The van der Waals surface area contributed by atoms with Gasteiger partial charge in [0, 0.05) is 0 Å². The third-order valence-corrected chi connectivity index (χ3v) is 26.0. The first-order valence-electron chi connectivity index (χ1n) is 37.1. The van der Waals surface area contributed by atoms with Crippen molar-refractivity contribution in [1.82, 2.24) is 0 Å². The number of hydrogen-bond donors (Lipinski definition) is 0. The first-order valence-corrected chi connectivity index (χ1v) is 37.1. The van der Waals surface area contributed by atoms with Crippen LogP contribution in [0.25, 0.3) is 0 Å². The van der Waals surface area contributed by atoms with Crippen molar-refractivity contribution >= 4 is 11.9 Å². The maximum Gasteiger partial charge on any atom is 0.339 e. The number of rotatable bonds is 36. The van der Waals surface area contributed by atoms with Crippen molar-refractivity contribution in [1.29, 1.82) is 0 Å². The van der Waals surface area contributed by atoms with Gasteiger partial charge in [-0.2, -0.15) is 0 Å². The van der Waals surface area contributed by atoms with Crippen LogP contribution in [0.3, 0.4) is 0 Å². The van der Waals surface area contributed by atoms with Crippen molar-refractivity contribution in [3.63, 3.8) is 0 Å². The molecule has 0 heterocycles. The van der Waals surface area contributed by atoms with E-state index in [1.165, 1.54) is 64.2 Å². The van der Waals surface area contributed by atoms with Crippen LogP contribution in [0.15, 0.2) is 109 Å². The zero-order valence-electron chi connectivity index (χ0n) is 55.5. The predicted octanol–water partition coefficient (Wildman–Crippen LogP) is 14.4. The van der Waals surface area contributed by atoms with Crippen LogP contribution in [-0.4, -0.2) is 91.2 Å². The van der Waals surface area contributed by atoms with Crippen LogP contribution in [-0.2, 0) is 81.3 Å². The monoisotopic (exact) mass is 1310 g/mol. The summed E-state index contributed by atoms with van der Waals surface area (Å²) in [6.07, 6.45) is 55.8. The van der Waals surface area contributed by atoms with Gasteiger partial charge in [0.15, 0.2) is 0 Å². The Labute approximate surface area is 561 Å². The predicted molar refractivity (Wildman–Crippen MR) is 349 cm³/mol. The molecule has 24 atom stereocenters. The lowest BCUT2D eigenvalue weighted by Crippen LogP contribution is -2.42. The lowest BCUT2D eigenvalue weighted by molar-refractivity contribution is -0.396. The molecule has 1 aromatic rings. The van der Waals surface area contributed by atoms with Crippen LogP contribution in [0, 0.1) is 147 Å². The zero-order chi connectivity index (χ0) is 63.7. The van der Waals surface area contributed by atoms with Gasteiger partial charge in [-0.25, -0.2) is 68.2 Å². The van der Waals surface area contributed by atoms with Crippen LogP contribution in [0.4, 0.5) is 0 Å². The second-order valence-electron chi connectivity index (χ2n) is 32.5. The Morgan fingerprint density at radius 2 is 0.474 bits per heavy atom. The summed E-state index contributed by atoms with van der Waals surface area (Å²) >= 11 is 0. The van der Waals surface area contributed by atoms with Crippen molar-refractivity contribution in [3.8, 4) is 0 Å². The van der Waals surface area contributed by atoms with Crippen molar-refractivity contribution in [2.45, 2.75) is 116 Å². The molecule has 514 valence electrons. The van der Waals surface area contributed by atoms with Crippen molar-refractivity contribution in [2.24, 2.45) is 147 Å². The fraction of sp³-hybridized carbons (Fsp3) is 0.696. The van der Waals surface area contributed by atoms with Gasteiger partial charge in [0.05, 0.1) is 95.8 Å². The van der Waals surface area contributed by atoms with E-state index in [1.807, 2.05) is 0 Å². The molecule has 95 heavy (non-hydrogen) atoms. The Kier molecular flexibility index (Phi) is 20.5. The summed E-state index contributed by atoms with van der Waals surface area (Å²) in [5.41, 5.74) is 1.02. The molecule has 0 saturated heterocycles. The summed E-state index contributed by atoms with van der Waals surface area (Å²) in [5.74, 6) is 12.3. The number of carbonyl (C=O) groups excluding carboxylic acids is 2. The lowest BCUT2D eigenvalue weighted by Gasteiger charge is -2.31. The number of carbonyl (C=O) groups is 2. The molecule has 16 aliphatic carbocycles. The van der Waals surface area contributed by atoms with Crippen LogP contribution < -0.4 is 0 Å². The van der Waals surface area contributed by atoms with Crippen molar-refractivity contribution in [2.75, 3.05) is 79.3 Å². The second-order valence-corrected chi connectivity index (χ2v) is 32.5. The molecule has 1 aromatic carbocycles. The molecule has 16 aliphatic rings. The first kappa shape index (κ1) is 65.2. The van der Waals surface area contributed by atoms with E-state index in [0.717, 1.165) is 38.5 Å². The highest BCUT2D eigenvalue weighted by Gasteiger charge is 2.44. The maximum atomic E-state index is 13.8. The Morgan fingerprint density at radius 3 is 0.674 bits per heavy atom. The van der Waals surface area contributed by atoms with E-state index in [4.69, 9.17) is 68.1 Å². The van der Waals surface area contributed by atoms with E-state index in [9.17, 15) is 9.59 Å². The molecule has 0 aromatic heterocycles. The summed E-state index contributed by atoms with van der Waals surface area (Å²) in [5, 5.41) is 0. The molecular formula is C79H102O16. The molecule has 8 saturated carbocycles. The Hall–Kier alpha value is -4.40. The Balaban J connectivity index is 0.000000151. The number of ether oxygens (including phenoxy) is 2. The van der Waals surface area contributed by atoms with Crippen LogP contribution in [0.5, 0.6) is 0 Å². The van der Waals surface area contributed by atoms with Gasteiger partial charge >= 0.3 is 11.9 Å². The van der Waals surface area contributed by atoms with E-state index in [-0.39, 0.29) is 50.8 Å². The molecule has 17 rings (SSSR count). The summed E-state index contributed by atoms with van der Waals surface area (Å²) in [4.78, 5) is 97.8. The number of allylic oxidation sites excluding steroid dienone is 16. The van der Waals surface area contributed by atoms with Gasteiger partial charge in [-0.05, 0) is 268 Å². The number of benzene rings is 1. The fourth-order valence-corrected chi connectivity index (χ4v) is 20.4. The Morgan fingerprint density at radius 1 is 0.263 bits per heavy atom. The largest absolute Gasteiger partial charge is 0.462 e. The van der Waals surface area contributed by atoms with Gasteiger partial charge < -0.3 is 9.47 Å². The Bertz CT molecular complexity index is 2800. The minimum Gasteiger partial charge on any atom is -0.462 e. The molecule has 16 heteroatoms. The highest BCUT2D eigenvalue weighted by Crippen LogP contribution is 2.50. The molecule has 8 fully saturated rings. The van der Waals surface area contributed by atoms with Gasteiger partial charge in [-0.1, -0.05) is 97.2 Å². The molecule has 0 aliphatic heterocycles. The van der Waals surface area contributed by atoms with Crippen molar-refractivity contribution < 1.29 is 77.7 Å². The van der Waals surface area contributed by atoms with Gasteiger partial charge in [0.25, 0.3) is 0 Å². The molecule has 0 spiro atoms.